The Hall–Kier alpha value is -2.03. The van der Waals surface area contributed by atoms with Gasteiger partial charge in [0, 0.05) is 23.7 Å². The van der Waals surface area contributed by atoms with Crippen molar-refractivity contribution in [2.24, 2.45) is 0 Å². The van der Waals surface area contributed by atoms with Crippen molar-refractivity contribution in [2.75, 3.05) is 0 Å². The Bertz CT molecular complexity index is 618. The van der Waals surface area contributed by atoms with E-state index < -0.39 is 11.1 Å². The Morgan fingerprint density at radius 1 is 1.22 bits per heavy atom. The smallest absolute Gasteiger partial charge is 0.101 e. The van der Waals surface area contributed by atoms with E-state index in [1.165, 1.54) is 6.20 Å². The van der Waals surface area contributed by atoms with Gasteiger partial charge in [-0.25, -0.2) is 0 Å². The van der Waals surface area contributed by atoms with Crippen molar-refractivity contribution in [3.8, 4) is 17.2 Å². The van der Waals surface area contributed by atoms with Crippen molar-refractivity contribution in [1.82, 2.24) is 4.98 Å². The maximum Gasteiger partial charge on any atom is 0.101 e. The van der Waals surface area contributed by atoms with Gasteiger partial charge in [-0.2, -0.15) is 5.26 Å². The molecule has 0 saturated carbocycles. The van der Waals surface area contributed by atoms with Crippen molar-refractivity contribution >= 4 is 11.1 Å². The standard InChI is InChI=1S/C13H10N2O2S/c14-6-11-5-13(8-15-7-11)12-3-1-10(2-4-12)9-18(16)17/h1-5,7-8H,9H2,(H,16,17)/p-1. The van der Waals surface area contributed by atoms with E-state index in [1.54, 1.807) is 24.4 Å². The average Bonchev–Trinajstić information content (AvgIpc) is 2.39. The van der Waals surface area contributed by atoms with E-state index in [0.717, 1.165) is 16.7 Å². The minimum Gasteiger partial charge on any atom is -0.772 e. The molecule has 0 spiro atoms. The van der Waals surface area contributed by atoms with Crippen LogP contribution in [0.25, 0.3) is 11.1 Å². The highest BCUT2D eigenvalue weighted by atomic mass is 32.2. The Labute approximate surface area is 107 Å². The van der Waals surface area contributed by atoms with Crippen LogP contribution in [-0.4, -0.2) is 13.7 Å². The van der Waals surface area contributed by atoms with Gasteiger partial charge in [-0.15, -0.1) is 0 Å². The summed E-state index contributed by atoms with van der Waals surface area (Å²) < 4.78 is 21.1. The summed E-state index contributed by atoms with van der Waals surface area (Å²) in [5.41, 5.74) is 2.97. The summed E-state index contributed by atoms with van der Waals surface area (Å²) in [6.45, 7) is 0. The van der Waals surface area contributed by atoms with Gasteiger partial charge in [0.25, 0.3) is 0 Å². The van der Waals surface area contributed by atoms with Gasteiger partial charge >= 0.3 is 0 Å². The molecule has 5 heteroatoms. The van der Waals surface area contributed by atoms with Crippen molar-refractivity contribution < 1.29 is 8.76 Å². The van der Waals surface area contributed by atoms with Crippen LogP contribution in [0.15, 0.2) is 42.7 Å². The Morgan fingerprint density at radius 2 is 1.94 bits per heavy atom. The van der Waals surface area contributed by atoms with Crippen LogP contribution in [0.4, 0.5) is 0 Å². The van der Waals surface area contributed by atoms with Crippen LogP contribution < -0.4 is 0 Å². The fourth-order valence-electron chi connectivity index (χ4n) is 1.59. The predicted molar refractivity (Wildman–Crippen MR) is 67.0 cm³/mol. The molecule has 18 heavy (non-hydrogen) atoms. The van der Waals surface area contributed by atoms with E-state index in [0.29, 0.717) is 5.56 Å². The summed E-state index contributed by atoms with van der Waals surface area (Å²) in [4.78, 5) is 3.98. The van der Waals surface area contributed by atoms with Gasteiger partial charge in [0.1, 0.15) is 6.07 Å². The van der Waals surface area contributed by atoms with Gasteiger partial charge < -0.3 is 4.55 Å². The summed E-state index contributed by atoms with van der Waals surface area (Å²) in [6.07, 6.45) is 3.17. The normalized spacial score (nSPS) is 11.8. The second kappa shape index (κ2) is 5.54. The lowest BCUT2D eigenvalue weighted by molar-refractivity contribution is 0.536. The van der Waals surface area contributed by atoms with Crippen LogP contribution >= 0.6 is 0 Å². The maximum absolute atomic E-state index is 10.6. The molecule has 1 unspecified atom stereocenters. The molecule has 0 fully saturated rings. The number of rotatable bonds is 3. The quantitative estimate of drug-likeness (QED) is 0.788. The van der Waals surface area contributed by atoms with Crippen LogP contribution in [0.5, 0.6) is 0 Å². The minimum atomic E-state index is -2.08. The zero-order valence-electron chi connectivity index (χ0n) is 9.37. The Kier molecular flexibility index (Phi) is 3.82. The molecule has 0 amide bonds. The second-order valence-corrected chi connectivity index (χ2v) is 4.62. The molecule has 0 aliphatic heterocycles. The maximum atomic E-state index is 10.6. The number of nitriles is 1. The zero-order chi connectivity index (χ0) is 13.0. The average molecular weight is 257 g/mol. The Balaban J connectivity index is 2.29. The third-order valence-electron chi connectivity index (χ3n) is 2.44. The molecule has 0 aliphatic carbocycles. The fourth-order valence-corrected chi connectivity index (χ4v) is 2.05. The monoisotopic (exact) mass is 257 g/mol. The van der Waals surface area contributed by atoms with Crippen molar-refractivity contribution in [3.05, 3.63) is 53.9 Å². The van der Waals surface area contributed by atoms with Gasteiger partial charge in [-0.3, -0.25) is 9.19 Å². The van der Waals surface area contributed by atoms with Crippen LogP contribution in [0.3, 0.4) is 0 Å². The first-order valence-electron chi connectivity index (χ1n) is 5.19. The first-order valence-corrected chi connectivity index (χ1v) is 6.44. The van der Waals surface area contributed by atoms with Gasteiger partial charge in [0.2, 0.25) is 0 Å². The molecule has 90 valence electrons. The molecular formula is C13H9N2O2S-. The molecule has 1 aromatic carbocycles. The number of hydrogen-bond acceptors (Lipinski definition) is 4. The highest BCUT2D eigenvalue weighted by molar-refractivity contribution is 7.78. The highest BCUT2D eigenvalue weighted by Gasteiger charge is 2.00. The first kappa shape index (κ1) is 12.4. The SMILES string of the molecule is N#Cc1cncc(-c2ccc(CS(=O)[O-])cc2)c1. The van der Waals surface area contributed by atoms with Crippen LogP contribution in [0.2, 0.25) is 0 Å². The van der Waals surface area contributed by atoms with Crippen LogP contribution in [-0.2, 0) is 16.8 Å². The van der Waals surface area contributed by atoms with Crippen molar-refractivity contribution in [3.63, 3.8) is 0 Å². The number of benzene rings is 1. The van der Waals surface area contributed by atoms with Gasteiger partial charge in [-0.05, 0) is 17.2 Å². The lowest BCUT2D eigenvalue weighted by atomic mass is 10.1. The predicted octanol–water partition coefficient (Wildman–Crippen LogP) is 2.00. The largest absolute Gasteiger partial charge is 0.772 e. The number of hydrogen-bond donors (Lipinski definition) is 0. The van der Waals surface area contributed by atoms with Crippen LogP contribution in [0, 0.1) is 11.3 Å². The third-order valence-corrected chi connectivity index (χ3v) is 3.01. The summed E-state index contributed by atoms with van der Waals surface area (Å²) in [5, 5.41) is 8.79. The molecule has 1 aromatic heterocycles. The number of aromatic nitrogens is 1. The minimum absolute atomic E-state index is 0.0107. The lowest BCUT2D eigenvalue weighted by Crippen LogP contribution is -1.93. The molecule has 1 heterocycles. The van der Waals surface area contributed by atoms with Crippen LogP contribution in [0.1, 0.15) is 11.1 Å². The zero-order valence-corrected chi connectivity index (χ0v) is 10.2. The summed E-state index contributed by atoms with van der Waals surface area (Å²) in [6, 6.07) is 10.9. The molecule has 2 rings (SSSR count). The molecule has 0 N–H and O–H groups in total. The molecule has 4 nitrogen and oxygen atoms in total. The molecule has 0 radical (unpaired) electrons. The van der Waals surface area contributed by atoms with Gasteiger partial charge in [0.05, 0.1) is 5.56 Å². The topological polar surface area (TPSA) is 76.8 Å². The van der Waals surface area contributed by atoms with E-state index in [-0.39, 0.29) is 5.75 Å². The molecular weight excluding hydrogens is 248 g/mol. The summed E-state index contributed by atoms with van der Waals surface area (Å²) >= 11 is -2.08. The van der Waals surface area contributed by atoms with Crippen molar-refractivity contribution in [1.29, 1.82) is 5.26 Å². The second-order valence-electron chi connectivity index (χ2n) is 3.72. The Morgan fingerprint density at radius 3 is 2.56 bits per heavy atom. The van der Waals surface area contributed by atoms with E-state index in [9.17, 15) is 8.76 Å². The molecule has 2 aromatic rings. The van der Waals surface area contributed by atoms with E-state index in [2.05, 4.69) is 4.98 Å². The van der Waals surface area contributed by atoms with E-state index in [4.69, 9.17) is 5.26 Å². The molecule has 0 aliphatic rings. The van der Waals surface area contributed by atoms with Crippen molar-refractivity contribution in [2.45, 2.75) is 5.75 Å². The van der Waals surface area contributed by atoms with Gasteiger partial charge in [-0.1, -0.05) is 35.3 Å². The third kappa shape index (κ3) is 3.00. The van der Waals surface area contributed by atoms with E-state index in [1.807, 2.05) is 18.2 Å². The summed E-state index contributed by atoms with van der Waals surface area (Å²) in [5.74, 6) is 0.0107. The van der Waals surface area contributed by atoms with E-state index >= 15 is 0 Å². The highest BCUT2D eigenvalue weighted by Crippen LogP contribution is 2.20. The first-order chi connectivity index (χ1) is 8.69. The summed E-state index contributed by atoms with van der Waals surface area (Å²) in [7, 11) is 0. The lowest BCUT2D eigenvalue weighted by Gasteiger charge is -2.06. The van der Waals surface area contributed by atoms with Gasteiger partial charge in [0.15, 0.2) is 0 Å². The molecule has 0 bridgehead atoms. The number of pyridine rings is 1. The molecule has 0 saturated heterocycles. The number of nitrogens with zero attached hydrogens (tertiary/aromatic N) is 2. The molecule has 1 atom stereocenters. The fraction of sp³-hybridized carbons (Fsp3) is 0.0769.